The molecule has 246 valence electrons. The van der Waals surface area contributed by atoms with Crippen molar-refractivity contribution in [1.29, 1.82) is 0 Å². The van der Waals surface area contributed by atoms with E-state index in [1.165, 1.54) is 50.5 Å². The molecule has 0 radical (unpaired) electrons. The zero-order valence-electron chi connectivity index (χ0n) is 28.6. The summed E-state index contributed by atoms with van der Waals surface area (Å²) in [5, 5.41) is 0. The number of hydrogen-bond donors (Lipinski definition) is 0. The molecule has 0 aromatic carbocycles. The highest BCUT2D eigenvalue weighted by molar-refractivity contribution is 5.77. The van der Waals surface area contributed by atoms with E-state index in [4.69, 9.17) is 18.9 Å². The fourth-order valence-corrected chi connectivity index (χ4v) is 10.3. The van der Waals surface area contributed by atoms with Gasteiger partial charge in [-0.3, -0.25) is 9.59 Å². The first-order valence-electron chi connectivity index (χ1n) is 17.5. The quantitative estimate of drug-likeness (QED) is 0.148. The van der Waals surface area contributed by atoms with Crippen LogP contribution in [-0.4, -0.2) is 51.6 Å². The fourth-order valence-electron chi connectivity index (χ4n) is 10.3. The third-order valence-electron chi connectivity index (χ3n) is 12.4. The Morgan fingerprint density at radius 1 is 0.907 bits per heavy atom. The summed E-state index contributed by atoms with van der Waals surface area (Å²) in [7, 11) is 3.11. The van der Waals surface area contributed by atoms with Crippen molar-refractivity contribution in [2.24, 2.45) is 52.3 Å². The largest absolute Gasteiger partial charge is 0.462 e. The van der Waals surface area contributed by atoms with E-state index in [9.17, 15) is 9.59 Å². The predicted molar refractivity (Wildman–Crippen MR) is 170 cm³/mol. The highest BCUT2D eigenvalue weighted by Crippen LogP contribution is 2.68. The third-order valence-corrected chi connectivity index (χ3v) is 12.4. The average Bonchev–Trinajstić information content (AvgIpc) is 3.30. The molecule has 4 rings (SSSR count). The molecule has 43 heavy (non-hydrogen) atoms. The molecule has 0 spiro atoms. The van der Waals surface area contributed by atoms with Gasteiger partial charge in [0.25, 0.3) is 0 Å². The summed E-state index contributed by atoms with van der Waals surface area (Å²) < 4.78 is 21.5. The number of rotatable bonds is 14. The first-order valence-corrected chi connectivity index (χ1v) is 17.5. The number of carbonyl (C=O) groups is 2. The molecule has 0 amide bonds. The molecule has 0 bridgehead atoms. The van der Waals surface area contributed by atoms with E-state index in [-0.39, 0.29) is 43.5 Å². The molecule has 0 aromatic heterocycles. The van der Waals surface area contributed by atoms with E-state index in [1.807, 2.05) is 0 Å². The van der Waals surface area contributed by atoms with Crippen LogP contribution >= 0.6 is 0 Å². The van der Waals surface area contributed by atoms with Gasteiger partial charge in [0, 0.05) is 20.6 Å². The number of methoxy groups -OCH3 is 2. The molecular weight excluding hydrogens is 540 g/mol. The molecule has 0 aromatic rings. The summed E-state index contributed by atoms with van der Waals surface area (Å²) in [6.45, 7) is 15.4. The molecule has 4 aliphatic carbocycles. The minimum Gasteiger partial charge on any atom is -0.462 e. The van der Waals surface area contributed by atoms with Gasteiger partial charge < -0.3 is 18.9 Å². The standard InChI is InChI=1S/C37H62O6/c1-24(2)10-9-11-25(3)30-12-13-31-35-26(4)20-27-21-28(16-18-36(27,5)32(35)17-19-37(30,31)6)42-33(38)14-15-34(39)43-29(22-40-7)23-41-8/h20,24-26,28-32,35H,9-19,21-23H2,1-8H3. The van der Waals surface area contributed by atoms with Gasteiger partial charge in [-0.05, 0) is 90.8 Å². The number of carbonyl (C=O) groups excluding carboxylic acids is 2. The first kappa shape index (κ1) is 34.5. The van der Waals surface area contributed by atoms with Crippen molar-refractivity contribution in [3.63, 3.8) is 0 Å². The van der Waals surface area contributed by atoms with Crippen LogP contribution in [0.25, 0.3) is 0 Å². The molecule has 0 aliphatic heterocycles. The van der Waals surface area contributed by atoms with Crippen molar-refractivity contribution in [1.82, 2.24) is 0 Å². The summed E-state index contributed by atoms with van der Waals surface area (Å²) in [5.74, 6) is 4.67. The molecule has 3 saturated carbocycles. The normalized spacial score (nSPS) is 36.0. The number of hydrogen-bond acceptors (Lipinski definition) is 6. The van der Waals surface area contributed by atoms with Gasteiger partial charge >= 0.3 is 11.9 Å². The Labute approximate surface area is 262 Å². The Kier molecular flexibility index (Phi) is 11.9. The van der Waals surface area contributed by atoms with Gasteiger partial charge in [0.15, 0.2) is 0 Å². The summed E-state index contributed by atoms with van der Waals surface area (Å²) in [6.07, 6.45) is 14.6. The second kappa shape index (κ2) is 14.8. The van der Waals surface area contributed by atoms with Gasteiger partial charge in [-0.1, -0.05) is 72.5 Å². The zero-order valence-corrected chi connectivity index (χ0v) is 28.6. The van der Waals surface area contributed by atoms with Crippen LogP contribution in [0.5, 0.6) is 0 Å². The first-order chi connectivity index (χ1) is 20.4. The second-order valence-corrected chi connectivity index (χ2v) is 15.7. The highest BCUT2D eigenvalue weighted by atomic mass is 16.6. The maximum absolute atomic E-state index is 12.7. The lowest BCUT2D eigenvalue weighted by atomic mass is 9.45. The van der Waals surface area contributed by atoms with Crippen molar-refractivity contribution in [3.8, 4) is 0 Å². The molecule has 0 heterocycles. The van der Waals surface area contributed by atoms with E-state index in [0.717, 1.165) is 54.8 Å². The minimum atomic E-state index is -0.468. The van der Waals surface area contributed by atoms with Crippen LogP contribution < -0.4 is 0 Å². The molecule has 0 N–H and O–H groups in total. The Balaban J connectivity index is 1.34. The van der Waals surface area contributed by atoms with Crippen molar-refractivity contribution in [2.45, 2.75) is 131 Å². The monoisotopic (exact) mass is 602 g/mol. The minimum absolute atomic E-state index is 0.00811. The molecule has 6 nitrogen and oxygen atoms in total. The molecule has 9 atom stereocenters. The van der Waals surface area contributed by atoms with Gasteiger partial charge in [-0.2, -0.15) is 0 Å². The lowest BCUT2D eigenvalue weighted by Gasteiger charge is -2.60. The van der Waals surface area contributed by atoms with E-state index >= 15 is 0 Å². The van der Waals surface area contributed by atoms with Crippen LogP contribution in [0, 0.1) is 52.3 Å². The molecule has 6 heteroatoms. The SMILES string of the molecule is COCC(COC)OC(=O)CCC(=O)OC1CCC2(C)C(=CC(C)C3C2CCC2(C)C(C(C)CCCC(C)C)CCC32)C1. The van der Waals surface area contributed by atoms with Crippen LogP contribution in [0.15, 0.2) is 11.6 Å². The van der Waals surface area contributed by atoms with Crippen molar-refractivity contribution >= 4 is 11.9 Å². The average molecular weight is 603 g/mol. The lowest BCUT2D eigenvalue weighted by Crippen LogP contribution is -2.53. The summed E-state index contributed by atoms with van der Waals surface area (Å²) in [5.41, 5.74) is 2.21. The van der Waals surface area contributed by atoms with Crippen molar-refractivity contribution in [3.05, 3.63) is 11.6 Å². The maximum atomic E-state index is 12.7. The third kappa shape index (κ3) is 7.71. The van der Waals surface area contributed by atoms with Crippen molar-refractivity contribution in [2.75, 3.05) is 27.4 Å². The van der Waals surface area contributed by atoms with Crippen LogP contribution in [0.4, 0.5) is 0 Å². The van der Waals surface area contributed by atoms with Gasteiger partial charge in [-0.15, -0.1) is 0 Å². The smallest absolute Gasteiger partial charge is 0.306 e. The Morgan fingerprint density at radius 3 is 2.28 bits per heavy atom. The summed E-state index contributed by atoms with van der Waals surface area (Å²) in [6, 6.07) is 0. The maximum Gasteiger partial charge on any atom is 0.306 e. The van der Waals surface area contributed by atoms with Crippen LogP contribution in [0.2, 0.25) is 0 Å². The zero-order chi connectivity index (χ0) is 31.4. The van der Waals surface area contributed by atoms with Crippen molar-refractivity contribution < 1.29 is 28.5 Å². The topological polar surface area (TPSA) is 71.1 Å². The van der Waals surface area contributed by atoms with Gasteiger partial charge in [-0.25, -0.2) is 0 Å². The van der Waals surface area contributed by atoms with Crippen LogP contribution in [-0.2, 0) is 28.5 Å². The van der Waals surface area contributed by atoms with Crippen LogP contribution in [0.1, 0.15) is 119 Å². The molecule has 3 fully saturated rings. The van der Waals surface area contributed by atoms with E-state index in [0.29, 0.717) is 11.3 Å². The fraction of sp³-hybridized carbons (Fsp3) is 0.892. The Morgan fingerprint density at radius 2 is 1.60 bits per heavy atom. The summed E-state index contributed by atoms with van der Waals surface area (Å²) >= 11 is 0. The number of esters is 2. The molecular formula is C37H62O6. The van der Waals surface area contributed by atoms with Crippen LogP contribution in [0.3, 0.4) is 0 Å². The van der Waals surface area contributed by atoms with E-state index in [1.54, 1.807) is 14.2 Å². The summed E-state index contributed by atoms with van der Waals surface area (Å²) in [4.78, 5) is 25.0. The van der Waals surface area contributed by atoms with E-state index in [2.05, 4.69) is 47.6 Å². The predicted octanol–water partition coefficient (Wildman–Crippen LogP) is 8.17. The van der Waals surface area contributed by atoms with E-state index < -0.39 is 12.1 Å². The number of fused-ring (bicyclic) bond motifs is 5. The molecule has 9 unspecified atom stereocenters. The Bertz CT molecular complexity index is 968. The second-order valence-electron chi connectivity index (χ2n) is 15.7. The molecule has 0 saturated heterocycles. The highest BCUT2D eigenvalue weighted by Gasteiger charge is 2.60. The number of allylic oxidation sites excluding steroid dienone is 1. The molecule has 4 aliphatic rings. The van der Waals surface area contributed by atoms with Gasteiger partial charge in [0.2, 0.25) is 0 Å². The lowest BCUT2D eigenvalue weighted by molar-refractivity contribution is -0.160. The number of ether oxygens (including phenoxy) is 4. The van der Waals surface area contributed by atoms with Gasteiger partial charge in [0.1, 0.15) is 12.2 Å². The Hall–Kier alpha value is -1.40. The van der Waals surface area contributed by atoms with Gasteiger partial charge in [0.05, 0.1) is 26.1 Å².